The van der Waals surface area contributed by atoms with Gasteiger partial charge in [0.2, 0.25) is 5.95 Å². The average Bonchev–Trinajstić information content (AvgIpc) is 3.38. The van der Waals surface area contributed by atoms with E-state index in [0.29, 0.717) is 22.2 Å². The number of hydrogen-bond donors (Lipinski definition) is 3. The first-order valence-electron chi connectivity index (χ1n) is 10.3. The van der Waals surface area contributed by atoms with Gasteiger partial charge in [0.1, 0.15) is 0 Å². The Bertz CT molecular complexity index is 1630. The molecule has 0 bridgehead atoms. The van der Waals surface area contributed by atoms with Crippen LogP contribution in [0.25, 0.3) is 22.1 Å². The number of nitrogens with zero attached hydrogens (tertiary/aromatic N) is 4. The second kappa shape index (κ2) is 7.95. The van der Waals surface area contributed by atoms with Crippen molar-refractivity contribution in [3.05, 3.63) is 85.6 Å². The fourth-order valence-electron chi connectivity index (χ4n) is 3.95. The molecule has 5 aromatic rings. The van der Waals surface area contributed by atoms with E-state index in [0.717, 1.165) is 22.2 Å². The third kappa shape index (κ3) is 3.51. The molecule has 0 aliphatic heterocycles. The van der Waals surface area contributed by atoms with E-state index in [4.69, 9.17) is 11.6 Å². The number of halogens is 1. The summed E-state index contributed by atoms with van der Waals surface area (Å²) in [5.74, 6) is 0.420. The Morgan fingerprint density at radius 3 is 2.55 bits per heavy atom. The monoisotopic (exact) mass is 464 g/mol. The molecule has 0 saturated heterocycles. The molecule has 0 spiro atoms. The Hall–Kier alpha value is -3.82. The average molecular weight is 465 g/mol. The molecular weight excluding hydrogens is 444 g/mol. The van der Waals surface area contributed by atoms with Gasteiger partial charge >= 0.3 is 5.69 Å². The van der Waals surface area contributed by atoms with Crippen LogP contribution in [0, 0.1) is 0 Å². The van der Waals surface area contributed by atoms with Crippen molar-refractivity contribution < 1.29 is 5.11 Å². The summed E-state index contributed by atoms with van der Waals surface area (Å²) in [5, 5.41) is 13.8. The van der Waals surface area contributed by atoms with E-state index in [9.17, 15) is 14.7 Å². The van der Waals surface area contributed by atoms with Crippen molar-refractivity contribution in [1.82, 2.24) is 23.7 Å². The van der Waals surface area contributed by atoms with Crippen LogP contribution in [0.3, 0.4) is 0 Å². The highest BCUT2D eigenvalue weighted by atomic mass is 35.5. The molecular formula is C23H21ClN6O3. The number of aryl methyl sites for hydroxylation is 2. The summed E-state index contributed by atoms with van der Waals surface area (Å²) in [6.07, 6.45) is 0. The molecule has 9 nitrogen and oxygen atoms in total. The molecule has 0 aliphatic rings. The van der Waals surface area contributed by atoms with E-state index in [1.54, 1.807) is 36.9 Å². The first kappa shape index (κ1) is 21.0. The summed E-state index contributed by atoms with van der Waals surface area (Å²) in [6.45, 7) is 0.0276. The molecule has 0 saturated carbocycles. The minimum Gasteiger partial charge on any atom is -0.392 e. The van der Waals surface area contributed by atoms with Crippen LogP contribution in [0.15, 0.2) is 58.1 Å². The zero-order valence-electron chi connectivity index (χ0n) is 18.0. The number of benzene rings is 2. The van der Waals surface area contributed by atoms with E-state index in [2.05, 4.69) is 15.3 Å². The van der Waals surface area contributed by atoms with Crippen LogP contribution >= 0.6 is 11.6 Å². The van der Waals surface area contributed by atoms with Gasteiger partial charge < -0.3 is 20.0 Å². The molecule has 0 atom stereocenters. The van der Waals surface area contributed by atoms with E-state index in [1.807, 2.05) is 30.3 Å². The molecule has 2 aromatic carbocycles. The molecule has 0 aliphatic carbocycles. The van der Waals surface area contributed by atoms with Crippen LogP contribution in [-0.2, 0) is 27.2 Å². The summed E-state index contributed by atoms with van der Waals surface area (Å²) >= 11 is 6.26. The van der Waals surface area contributed by atoms with Crippen molar-refractivity contribution in [3.8, 4) is 0 Å². The van der Waals surface area contributed by atoms with Crippen molar-refractivity contribution in [2.75, 3.05) is 5.32 Å². The lowest BCUT2D eigenvalue weighted by Gasteiger charge is -2.08. The van der Waals surface area contributed by atoms with Gasteiger partial charge in [0.15, 0.2) is 11.2 Å². The number of aromatic nitrogens is 5. The Balaban J connectivity index is 1.58. The second-order valence-corrected chi connectivity index (χ2v) is 8.28. The fourth-order valence-corrected chi connectivity index (χ4v) is 4.18. The Kier molecular flexibility index (Phi) is 5.07. The number of nitrogens with one attached hydrogen (secondary N) is 2. The molecule has 33 heavy (non-hydrogen) atoms. The van der Waals surface area contributed by atoms with Crippen LogP contribution in [0.2, 0.25) is 5.02 Å². The molecule has 3 heterocycles. The first-order chi connectivity index (χ1) is 15.9. The zero-order valence-corrected chi connectivity index (χ0v) is 18.7. The quantitative estimate of drug-likeness (QED) is 0.370. The number of rotatable bonds is 5. The van der Waals surface area contributed by atoms with Crippen molar-refractivity contribution >= 4 is 45.3 Å². The molecule has 3 N–H and O–H groups in total. The van der Waals surface area contributed by atoms with E-state index in [-0.39, 0.29) is 18.8 Å². The number of aromatic amines is 1. The van der Waals surface area contributed by atoms with Gasteiger partial charge in [-0.2, -0.15) is 4.98 Å². The van der Waals surface area contributed by atoms with E-state index < -0.39 is 11.2 Å². The fraction of sp³-hybridized carbons (Fsp3) is 0.174. The number of anilines is 2. The molecule has 168 valence electrons. The largest absolute Gasteiger partial charge is 0.392 e. The van der Waals surface area contributed by atoms with Crippen molar-refractivity contribution in [2.45, 2.75) is 13.2 Å². The third-order valence-corrected chi connectivity index (χ3v) is 6.08. The van der Waals surface area contributed by atoms with Crippen LogP contribution in [0.5, 0.6) is 0 Å². The van der Waals surface area contributed by atoms with Gasteiger partial charge in [0.05, 0.1) is 13.2 Å². The van der Waals surface area contributed by atoms with Crippen LogP contribution < -0.4 is 16.6 Å². The third-order valence-electron chi connectivity index (χ3n) is 5.75. The van der Waals surface area contributed by atoms with Gasteiger partial charge in [0, 0.05) is 41.4 Å². The maximum Gasteiger partial charge on any atom is 0.332 e. The number of imidazole rings is 1. The zero-order chi connectivity index (χ0) is 23.3. The molecule has 0 amide bonds. The lowest BCUT2D eigenvalue weighted by molar-refractivity contribution is 0.282. The Morgan fingerprint density at radius 1 is 1.09 bits per heavy atom. The Morgan fingerprint density at radius 2 is 1.85 bits per heavy atom. The number of aliphatic hydroxyl groups is 1. The van der Waals surface area contributed by atoms with Gasteiger partial charge in [-0.25, -0.2) is 4.79 Å². The maximum absolute atomic E-state index is 13.4. The molecule has 0 unspecified atom stereocenters. The summed E-state index contributed by atoms with van der Waals surface area (Å²) in [7, 11) is 3.31. The van der Waals surface area contributed by atoms with Crippen molar-refractivity contribution in [3.63, 3.8) is 0 Å². The summed E-state index contributed by atoms with van der Waals surface area (Å²) in [4.78, 5) is 34.1. The second-order valence-electron chi connectivity index (χ2n) is 7.88. The topological polar surface area (TPSA) is 110 Å². The molecule has 10 heteroatoms. The van der Waals surface area contributed by atoms with Crippen LogP contribution in [0.4, 0.5) is 11.6 Å². The number of fused-ring (bicyclic) bond motifs is 2. The smallest absolute Gasteiger partial charge is 0.332 e. The molecule has 0 radical (unpaired) electrons. The molecule has 0 fully saturated rings. The highest BCUT2D eigenvalue weighted by Crippen LogP contribution is 2.24. The normalized spacial score (nSPS) is 11.5. The van der Waals surface area contributed by atoms with Gasteiger partial charge in [-0.1, -0.05) is 29.8 Å². The van der Waals surface area contributed by atoms with Gasteiger partial charge in [0.25, 0.3) is 5.56 Å². The van der Waals surface area contributed by atoms with Gasteiger partial charge in [-0.15, -0.1) is 0 Å². The van der Waals surface area contributed by atoms with Crippen LogP contribution in [0.1, 0.15) is 11.3 Å². The number of hydrogen-bond acceptors (Lipinski definition) is 5. The van der Waals surface area contributed by atoms with Gasteiger partial charge in [-0.05, 0) is 35.9 Å². The predicted molar refractivity (Wildman–Crippen MR) is 128 cm³/mol. The first-order valence-corrected chi connectivity index (χ1v) is 10.6. The van der Waals surface area contributed by atoms with Gasteiger partial charge in [-0.3, -0.25) is 13.9 Å². The molecule has 5 rings (SSSR count). The standard InChI is InChI=1S/C23H21ClN6O3/c1-28-19-20(27-22(28)26-14-8-6-13(12-31)7-9-14)29(2)23(33)30(21(19)32)11-15-10-16-17(24)4-3-5-18(16)25-15/h3-10,25,31H,11-12H2,1-2H3,(H,26,27). The highest BCUT2D eigenvalue weighted by Gasteiger charge is 2.19. The maximum atomic E-state index is 13.4. The Labute approximate surface area is 192 Å². The van der Waals surface area contributed by atoms with Crippen molar-refractivity contribution in [2.24, 2.45) is 14.1 Å². The highest BCUT2D eigenvalue weighted by molar-refractivity contribution is 6.35. The number of aliphatic hydroxyl groups excluding tert-OH is 1. The summed E-state index contributed by atoms with van der Waals surface area (Å²) in [6, 6.07) is 14.6. The minimum absolute atomic E-state index is 0.0448. The van der Waals surface area contributed by atoms with E-state index in [1.165, 1.54) is 9.13 Å². The SMILES string of the molecule is Cn1c(Nc2ccc(CO)cc2)nc2c1c(=O)n(Cc1cc3c(Cl)cccc3[nH]1)c(=O)n2C. The van der Waals surface area contributed by atoms with Crippen LogP contribution in [-0.4, -0.2) is 28.8 Å². The lowest BCUT2D eigenvalue weighted by atomic mass is 10.2. The predicted octanol–water partition coefficient (Wildman–Crippen LogP) is 2.85. The number of H-pyrrole nitrogens is 1. The molecule has 3 aromatic heterocycles. The van der Waals surface area contributed by atoms with E-state index >= 15 is 0 Å². The summed E-state index contributed by atoms with van der Waals surface area (Å²) < 4.78 is 4.19. The summed E-state index contributed by atoms with van der Waals surface area (Å²) in [5.41, 5.74) is 2.76. The minimum atomic E-state index is -0.464. The van der Waals surface area contributed by atoms with Crippen molar-refractivity contribution in [1.29, 1.82) is 0 Å². The lowest BCUT2D eigenvalue weighted by Crippen LogP contribution is -2.39.